The fourth-order valence-electron chi connectivity index (χ4n) is 1.52. The molecule has 0 bridgehead atoms. The van der Waals surface area contributed by atoms with E-state index in [2.05, 4.69) is 71.9 Å². The standard InChI is InChI=1S/C18H20N2Si2/c1-19-17-15(11-13-21(3,4)5)9-10-16(18(17)20-2)12-14-22(6,7)8/h9-10H,3-8H3. The molecule has 1 aromatic rings. The molecule has 0 aliphatic rings. The van der Waals surface area contributed by atoms with Crippen LogP contribution in [0.15, 0.2) is 12.1 Å². The second-order valence-electron chi connectivity index (χ2n) is 7.08. The van der Waals surface area contributed by atoms with E-state index in [0.717, 1.165) is 0 Å². The summed E-state index contributed by atoms with van der Waals surface area (Å²) in [6, 6.07) is 3.65. The Labute approximate surface area is 136 Å². The monoisotopic (exact) mass is 320 g/mol. The van der Waals surface area contributed by atoms with Crippen molar-refractivity contribution in [3.63, 3.8) is 0 Å². The minimum atomic E-state index is -1.52. The smallest absolute Gasteiger partial charge is 0.211 e. The summed E-state index contributed by atoms with van der Waals surface area (Å²) in [6.07, 6.45) is 0. The number of nitrogens with zero attached hydrogens (tertiary/aromatic N) is 2. The molecule has 4 heteroatoms. The van der Waals surface area contributed by atoms with E-state index in [4.69, 9.17) is 13.1 Å². The molecule has 0 fully saturated rings. The number of hydrogen-bond acceptors (Lipinski definition) is 0. The van der Waals surface area contributed by atoms with Crippen LogP contribution in [-0.2, 0) is 0 Å². The first-order valence-corrected chi connectivity index (χ1v) is 14.1. The van der Waals surface area contributed by atoms with Crippen molar-refractivity contribution in [2.75, 3.05) is 0 Å². The quantitative estimate of drug-likeness (QED) is 0.351. The first kappa shape index (κ1) is 17.8. The molecule has 0 N–H and O–H groups in total. The van der Waals surface area contributed by atoms with Crippen LogP contribution < -0.4 is 0 Å². The molecule has 0 heterocycles. The van der Waals surface area contributed by atoms with Crippen molar-refractivity contribution in [1.29, 1.82) is 0 Å². The highest BCUT2D eigenvalue weighted by atomic mass is 28.3. The minimum Gasteiger partial charge on any atom is -0.249 e. The first-order chi connectivity index (χ1) is 10.1. The highest BCUT2D eigenvalue weighted by Crippen LogP contribution is 2.35. The van der Waals surface area contributed by atoms with Crippen LogP contribution in [0.1, 0.15) is 11.1 Å². The Morgan fingerprint density at radius 3 is 1.27 bits per heavy atom. The van der Waals surface area contributed by atoms with Gasteiger partial charge in [-0.1, -0.05) is 63.3 Å². The Morgan fingerprint density at radius 2 is 1.05 bits per heavy atom. The molecule has 1 rings (SSSR count). The molecule has 0 spiro atoms. The second-order valence-corrected chi connectivity index (χ2v) is 16.6. The Bertz CT molecular complexity index is 718. The van der Waals surface area contributed by atoms with Gasteiger partial charge in [0.2, 0.25) is 11.4 Å². The number of hydrogen-bond donors (Lipinski definition) is 0. The van der Waals surface area contributed by atoms with Gasteiger partial charge in [-0.25, -0.2) is 9.69 Å². The van der Waals surface area contributed by atoms with Crippen LogP contribution in [0.5, 0.6) is 0 Å². The lowest BCUT2D eigenvalue weighted by molar-refractivity contribution is 1.62. The molecular weight excluding hydrogens is 300 g/mol. The van der Waals surface area contributed by atoms with E-state index >= 15 is 0 Å². The van der Waals surface area contributed by atoms with Gasteiger partial charge in [-0.15, -0.1) is 11.1 Å². The molecule has 110 valence electrons. The summed E-state index contributed by atoms with van der Waals surface area (Å²) in [6.45, 7) is 27.7. The summed E-state index contributed by atoms with van der Waals surface area (Å²) >= 11 is 0. The van der Waals surface area contributed by atoms with E-state index in [-0.39, 0.29) is 0 Å². The van der Waals surface area contributed by atoms with Gasteiger partial charge in [-0.2, -0.15) is 0 Å². The topological polar surface area (TPSA) is 8.72 Å². The first-order valence-electron chi connectivity index (χ1n) is 7.06. The molecule has 0 aromatic heterocycles. The summed E-state index contributed by atoms with van der Waals surface area (Å²) < 4.78 is 0. The highest BCUT2D eigenvalue weighted by Gasteiger charge is 2.14. The lowest BCUT2D eigenvalue weighted by atomic mass is 10.1. The fourth-order valence-corrected chi connectivity index (χ4v) is 2.54. The molecule has 1 aromatic carbocycles. The molecular formula is C18H20N2Si2. The summed E-state index contributed by atoms with van der Waals surface area (Å²) in [5.74, 6) is 6.19. The van der Waals surface area contributed by atoms with E-state index in [9.17, 15) is 0 Å². The Morgan fingerprint density at radius 1 is 0.727 bits per heavy atom. The van der Waals surface area contributed by atoms with Gasteiger partial charge in [-0.05, 0) is 0 Å². The van der Waals surface area contributed by atoms with Crippen LogP contribution in [-0.4, -0.2) is 16.1 Å². The van der Waals surface area contributed by atoms with Gasteiger partial charge in [-0.3, -0.25) is 0 Å². The van der Waals surface area contributed by atoms with Gasteiger partial charge >= 0.3 is 0 Å². The van der Waals surface area contributed by atoms with E-state index < -0.39 is 16.1 Å². The van der Waals surface area contributed by atoms with Crippen molar-refractivity contribution in [2.24, 2.45) is 0 Å². The van der Waals surface area contributed by atoms with E-state index in [0.29, 0.717) is 22.5 Å². The SMILES string of the molecule is [C-]#[N+]c1c(C#C[Si](C)(C)C)ccc(C#C[Si](C)(C)C)c1[N+]#[C-]. The van der Waals surface area contributed by atoms with Crippen LogP contribution in [0.4, 0.5) is 11.4 Å². The van der Waals surface area contributed by atoms with Crippen molar-refractivity contribution < 1.29 is 0 Å². The van der Waals surface area contributed by atoms with Crippen molar-refractivity contribution in [1.82, 2.24) is 0 Å². The predicted octanol–water partition coefficient (Wildman–Crippen LogP) is 5.25. The molecule has 2 nitrogen and oxygen atoms in total. The van der Waals surface area contributed by atoms with Crippen molar-refractivity contribution in [3.05, 3.63) is 46.1 Å². The van der Waals surface area contributed by atoms with Crippen LogP contribution in [0.25, 0.3) is 9.69 Å². The molecule has 0 radical (unpaired) electrons. The van der Waals surface area contributed by atoms with Gasteiger partial charge in [0.25, 0.3) is 0 Å². The Kier molecular flexibility index (Phi) is 5.40. The normalized spacial score (nSPS) is 10.4. The molecule has 0 aliphatic carbocycles. The van der Waals surface area contributed by atoms with E-state index in [1.807, 2.05) is 12.1 Å². The Balaban J connectivity index is 3.51. The fraction of sp³-hybridized carbons (Fsp3) is 0.333. The maximum Gasteiger partial charge on any atom is 0.211 e. The van der Waals surface area contributed by atoms with Gasteiger partial charge in [0.15, 0.2) is 0 Å². The second kappa shape index (κ2) is 6.68. The summed E-state index contributed by atoms with van der Waals surface area (Å²) in [7, 11) is -3.04. The van der Waals surface area contributed by atoms with Crippen LogP contribution in [0, 0.1) is 36.1 Å². The predicted molar refractivity (Wildman–Crippen MR) is 99.4 cm³/mol. The van der Waals surface area contributed by atoms with Crippen LogP contribution >= 0.6 is 0 Å². The van der Waals surface area contributed by atoms with Crippen molar-refractivity contribution >= 4 is 27.5 Å². The van der Waals surface area contributed by atoms with E-state index in [1.165, 1.54) is 0 Å². The lowest BCUT2D eigenvalue weighted by Gasteiger charge is -2.07. The molecule has 22 heavy (non-hydrogen) atoms. The minimum absolute atomic E-state index is 0.336. The number of rotatable bonds is 0. The van der Waals surface area contributed by atoms with Crippen molar-refractivity contribution in [3.8, 4) is 22.9 Å². The lowest BCUT2D eigenvalue weighted by Crippen LogP contribution is -2.16. The largest absolute Gasteiger partial charge is 0.249 e. The van der Waals surface area contributed by atoms with Crippen LogP contribution in [0.2, 0.25) is 39.3 Å². The number of benzene rings is 1. The molecule has 0 saturated carbocycles. The third kappa shape index (κ3) is 5.27. The van der Waals surface area contributed by atoms with Gasteiger partial charge < -0.3 is 0 Å². The van der Waals surface area contributed by atoms with Crippen LogP contribution in [0.3, 0.4) is 0 Å². The highest BCUT2D eigenvalue weighted by molar-refractivity contribution is 6.84. The van der Waals surface area contributed by atoms with Gasteiger partial charge in [0.1, 0.15) is 16.1 Å². The summed E-state index contributed by atoms with van der Waals surface area (Å²) in [5.41, 5.74) is 8.46. The molecule has 0 aliphatic heterocycles. The molecule has 0 amide bonds. The average Bonchev–Trinajstić information content (AvgIpc) is 2.40. The molecule has 0 saturated heterocycles. The zero-order valence-corrected chi connectivity index (χ0v) is 16.0. The molecule has 0 unspecified atom stereocenters. The average molecular weight is 321 g/mol. The van der Waals surface area contributed by atoms with E-state index in [1.54, 1.807) is 0 Å². The third-order valence-electron chi connectivity index (χ3n) is 2.52. The zero-order chi connectivity index (χ0) is 17.0. The van der Waals surface area contributed by atoms with Crippen molar-refractivity contribution in [2.45, 2.75) is 39.3 Å². The van der Waals surface area contributed by atoms with Gasteiger partial charge in [0, 0.05) is 11.1 Å². The maximum absolute atomic E-state index is 7.40. The Hall–Kier alpha value is -2.25. The summed E-state index contributed by atoms with van der Waals surface area (Å²) in [5, 5.41) is 0. The third-order valence-corrected chi connectivity index (χ3v) is 4.27. The summed E-state index contributed by atoms with van der Waals surface area (Å²) in [4.78, 5) is 7.08. The van der Waals surface area contributed by atoms with Gasteiger partial charge in [0.05, 0.1) is 13.1 Å². The maximum atomic E-state index is 7.40. The zero-order valence-electron chi connectivity index (χ0n) is 14.0. The molecule has 0 atom stereocenters.